The molecule has 0 spiro atoms. The van der Waals surface area contributed by atoms with Crippen molar-refractivity contribution in [2.75, 3.05) is 6.54 Å². The number of rotatable bonds is 4. The Labute approximate surface area is 98.3 Å². The van der Waals surface area contributed by atoms with Gasteiger partial charge >= 0.3 is 0 Å². The Bertz CT molecular complexity index is 336. The van der Waals surface area contributed by atoms with Crippen LogP contribution in [0.2, 0.25) is 5.02 Å². The minimum atomic E-state index is 0.780. The monoisotopic (exact) mass is 273 g/mol. The van der Waals surface area contributed by atoms with Crippen molar-refractivity contribution in [3.8, 4) is 0 Å². The van der Waals surface area contributed by atoms with Crippen LogP contribution in [-0.2, 0) is 6.54 Å². The van der Waals surface area contributed by atoms with Crippen molar-refractivity contribution in [3.05, 3.63) is 45.4 Å². The molecule has 1 aromatic carbocycles. The van der Waals surface area contributed by atoms with Gasteiger partial charge in [0.05, 0.1) is 0 Å². The summed E-state index contributed by atoms with van der Waals surface area (Å²) in [7, 11) is 0. The summed E-state index contributed by atoms with van der Waals surface area (Å²) in [6.45, 7) is 7.44. The molecule has 0 aliphatic carbocycles. The number of halogens is 2. The van der Waals surface area contributed by atoms with Gasteiger partial charge in [-0.2, -0.15) is 0 Å². The fourth-order valence-electron chi connectivity index (χ4n) is 1.19. The van der Waals surface area contributed by atoms with Gasteiger partial charge in [0.2, 0.25) is 0 Å². The van der Waals surface area contributed by atoms with Crippen LogP contribution in [0.4, 0.5) is 0 Å². The molecule has 0 saturated heterocycles. The first-order chi connectivity index (χ1) is 6.59. The molecule has 0 aliphatic heterocycles. The maximum Gasteiger partial charge on any atom is 0.0408 e. The summed E-state index contributed by atoms with van der Waals surface area (Å²) in [5, 5.41) is 4.06. The minimum absolute atomic E-state index is 0.780. The second-order valence-electron chi connectivity index (χ2n) is 3.19. The summed E-state index contributed by atoms with van der Waals surface area (Å²) in [5.74, 6) is 0. The van der Waals surface area contributed by atoms with Crippen molar-refractivity contribution in [1.82, 2.24) is 5.32 Å². The van der Waals surface area contributed by atoms with Crippen molar-refractivity contribution in [3.63, 3.8) is 0 Å². The lowest BCUT2D eigenvalue weighted by Crippen LogP contribution is -2.15. The molecule has 0 bridgehead atoms. The second kappa shape index (κ2) is 5.54. The first-order valence-electron chi connectivity index (χ1n) is 4.38. The van der Waals surface area contributed by atoms with Gasteiger partial charge in [-0.05, 0) is 30.2 Å². The van der Waals surface area contributed by atoms with E-state index in [4.69, 9.17) is 11.6 Å². The van der Waals surface area contributed by atoms with E-state index in [0.717, 1.165) is 22.6 Å². The highest BCUT2D eigenvalue weighted by Crippen LogP contribution is 2.14. The maximum absolute atomic E-state index is 5.86. The summed E-state index contributed by atoms with van der Waals surface area (Å²) in [6, 6.07) is 5.93. The molecule has 76 valence electrons. The van der Waals surface area contributed by atoms with E-state index in [-0.39, 0.29) is 0 Å². The predicted molar refractivity (Wildman–Crippen MR) is 66.0 cm³/mol. The van der Waals surface area contributed by atoms with Crippen molar-refractivity contribution in [2.24, 2.45) is 0 Å². The van der Waals surface area contributed by atoms with Crippen LogP contribution in [0.5, 0.6) is 0 Å². The van der Waals surface area contributed by atoms with Crippen LogP contribution in [0.25, 0.3) is 0 Å². The van der Waals surface area contributed by atoms with E-state index in [1.54, 1.807) is 0 Å². The van der Waals surface area contributed by atoms with E-state index < -0.39 is 0 Å². The van der Waals surface area contributed by atoms with Gasteiger partial charge in [0.1, 0.15) is 0 Å². The van der Waals surface area contributed by atoms with Crippen LogP contribution in [0.1, 0.15) is 11.1 Å². The molecule has 0 amide bonds. The zero-order valence-corrected chi connectivity index (χ0v) is 10.5. The highest BCUT2D eigenvalue weighted by atomic mass is 79.9. The summed E-state index contributed by atoms with van der Waals surface area (Å²) >= 11 is 9.16. The number of benzene rings is 1. The third-order valence-corrected chi connectivity index (χ3v) is 2.45. The summed E-state index contributed by atoms with van der Waals surface area (Å²) < 4.78 is 0.962. The molecule has 0 fully saturated rings. The lowest BCUT2D eigenvalue weighted by molar-refractivity contribution is 0.753. The van der Waals surface area contributed by atoms with E-state index in [1.165, 1.54) is 11.1 Å². The highest BCUT2D eigenvalue weighted by Gasteiger charge is 1.98. The van der Waals surface area contributed by atoms with Crippen LogP contribution in [0.3, 0.4) is 0 Å². The molecular formula is C11H13BrClN. The Balaban J connectivity index is 2.55. The van der Waals surface area contributed by atoms with Gasteiger partial charge < -0.3 is 5.32 Å². The van der Waals surface area contributed by atoms with E-state index >= 15 is 0 Å². The number of hydrogen-bond donors (Lipinski definition) is 1. The fourth-order valence-corrected chi connectivity index (χ4v) is 1.62. The number of hydrogen-bond acceptors (Lipinski definition) is 1. The first kappa shape index (κ1) is 11.8. The zero-order valence-electron chi connectivity index (χ0n) is 8.11. The molecular weight excluding hydrogens is 261 g/mol. The topological polar surface area (TPSA) is 12.0 Å². The smallest absolute Gasteiger partial charge is 0.0408 e. The molecule has 0 aromatic heterocycles. The predicted octanol–water partition coefficient (Wildman–Crippen LogP) is 3.65. The molecule has 1 nitrogen and oxygen atoms in total. The molecule has 0 unspecified atom stereocenters. The van der Waals surface area contributed by atoms with Gasteiger partial charge in [-0.25, -0.2) is 0 Å². The minimum Gasteiger partial charge on any atom is -0.308 e. The third kappa shape index (κ3) is 3.82. The van der Waals surface area contributed by atoms with Crippen LogP contribution >= 0.6 is 27.5 Å². The van der Waals surface area contributed by atoms with Crippen LogP contribution < -0.4 is 5.32 Å². The van der Waals surface area contributed by atoms with Crippen molar-refractivity contribution >= 4 is 27.5 Å². The van der Waals surface area contributed by atoms with Gasteiger partial charge in [0, 0.05) is 22.6 Å². The Morgan fingerprint density at radius 2 is 2.29 bits per heavy atom. The van der Waals surface area contributed by atoms with Gasteiger partial charge in [-0.15, -0.1) is 0 Å². The first-order valence-corrected chi connectivity index (χ1v) is 5.55. The van der Waals surface area contributed by atoms with Gasteiger partial charge in [0.25, 0.3) is 0 Å². The van der Waals surface area contributed by atoms with Crippen molar-refractivity contribution in [1.29, 1.82) is 0 Å². The average molecular weight is 275 g/mol. The molecule has 0 atom stereocenters. The van der Waals surface area contributed by atoms with Crippen molar-refractivity contribution < 1.29 is 0 Å². The van der Waals surface area contributed by atoms with Crippen LogP contribution in [-0.4, -0.2) is 6.54 Å². The van der Waals surface area contributed by atoms with Gasteiger partial charge in [-0.3, -0.25) is 0 Å². The lowest BCUT2D eigenvalue weighted by Gasteiger charge is -2.07. The molecule has 0 radical (unpaired) electrons. The van der Waals surface area contributed by atoms with E-state index in [9.17, 15) is 0 Å². The Hall–Kier alpha value is -0.310. The quantitative estimate of drug-likeness (QED) is 0.884. The SMILES string of the molecule is C=C(Br)CNCc1ccc(Cl)cc1C. The number of nitrogens with one attached hydrogen (secondary N) is 1. The second-order valence-corrected chi connectivity index (χ2v) is 4.75. The summed E-state index contributed by atoms with van der Waals surface area (Å²) in [6.07, 6.45) is 0. The number of aryl methyl sites for hydroxylation is 1. The van der Waals surface area contributed by atoms with Gasteiger partial charge in [-0.1, -0.05) is 40.2 Å². The van der Waals surface area contributed by atoms with Gasteiger partial charge in [0.15, 0.2) is 0 Å². The normalized spacial score (nSPS) is 10.2. The molecule has 14 heavy (non-hydrogen) atoms. The Kier molecular flexibility index (Phi) is 4.66. The molecule has 0 saturated carbocycles. The van der Waals surface area contributed by atoms with E-state index in [1.807, 2.05) is 18.2 Å². The molecule has 1 N–H and O–H groups in total. The standard InChI is InChI=1S/C11H13BrClN/c1-8-5-11(13)4-3-10(8)7-14-6-9(2)12/h3-5,14H,2,6-7H2,1H3. The molecule has 1 aromatic rings. The Morgan fingerprint density at radius 1 is 1.57 bits per heavy atom. The highest BCUT2D eigenvalue weighted by molar-refractivity contribution is 9.11. The van der Waals surface area contributed by atoms with Crippen LogP contribution in [0.15, 0.2) is 29.3 Å². The molecule has 3 heteroatoms. The molecule has 0 heterocycles. The fraction of sp³-hybridized carbons (Fsp3) is 0.273. The van der Waals surface area contributed by atoms with Crippen molar-refractivity contribution in [2.45, 2.75) is 13.5 Å². The maximum atomic E-state index is 5.86. The summed E-state index contributed by atoms with van der Waals surface area (Å²) in [5.41, 5.74) is 2.48. The Morgan fingerprint density at radius 3 is 2.86 bits per heavy atom. The largest absolute Gasteiger partial charge is 0.308 e. The third-order valence-electron chi connectivity index (χ3n) is 1.94. The molecule has 0 aliphatic rings. The van der Waals surface area contributed by atoms with Crippen LogP contribution in [0, 0.1) is 6.92 Å². The lowest BCUT2D eigenvalue weighted by atomic mass is 10.1. The van der Waals surface area contributed by atoms with E-state index in [0.29, 0.717) is 0 Å². The molecule has 1 rings (SSSR count). The average Bonchev–Trinajstić information content (AvgIpc) is 2.08. The zero-order chi connectivity index (χ0) is 10.6. The summed E-state index contributed by atoms with van der Waals surface area (Å²) in [4.78, 5) is 0. The van der Waals surface area contributed by atoms with E-state index in [2.05, 4.69) is 34.7 Å².